The Morgan fingerprint density at radius 1 is 1.07 bits per heavy atom. The van der Waals surface area contributed by atoms with Gasteiger partial charge in [-0.3, -0.25) is 4.79 Å². The van der Waals surface area contributed by atoms with Crippen LogP contribution in [0.15, 0.2) is 54.6 Å². The summed E-state index contributed by atoms with van der Waals surface area (Å²) in [5, 5.41) is 3.99. The van der Waals surface area contributed by atoms with Gasteiger partial charge >= 0.3 is 0 Å². The predicted molar refractivity (Wildman–Crippen MR) is 128 cm³/mol. The highest BCUT2D eigenvalue weighted by molar-refractivity contribution is 7.17. The molecule has 30 heavy (non-hydrogen) atoms. The largest absolute Gasteiger partial charge is 0.351 e. The molecule has 0 spiro atoms. The first-order valence-electron chi connectivity index (χ1n) is 10.6. The van der Waals surface area contributed by atoms with E-state index in [2.05, 4.69) is 85.7 Å². The van der Waals surface area contributed by atoms with E-state index in [1.165, 1.54) is 33.6 Å². The molecular weight excluding hydrogens is 388 g/mol. The number of allylic oxidation sites excluding steroid dienone is 1. The second kappa shape index (κ2) is 10.4. The monoisotopic (exact) mass is 418 g/mol. The van der Waals surface area contributed by atoms with Gasteiger partial charge in [-0.05, 0) is 50.3 Å². The van der Waals surface area contributed by atoms with Crippen molar-refractivity contribution in [2.24, 2.45) is 0 Å². The average Bonchev–Trinajstić information content (AvgIpc) is 3.13. The SMILES string of the molecule is CCC/C=C(/CCNC(=O)c1sc(-c2ccc(C)cc2)nc1C)c1ccccc1C. The molecule has 0 saturated heterocycles. The van der Waals surface area contributed by atoms with Gasteiger partial charge < -0.3 is 5.32 Å². The summed E-state index contributed by atoms with van der Waals surface area (Å²) in [5.41, 5.74) is 6.90. The van der Waals surface area contributed by atoms with Gasteiger partial charge in [0.15, 0.2) is 0 Å². The van der Waals surface area contributed by atoms with Crippen LogP contribution in [0.5, 0.6) is 0 Å². The van der Waals surface area contributed by atoms with Crippen molar-refractivity contribution in [1.82, 2.24) is 10.3 Å². The fourth-order valence-electron chi connectivity index (χ4n) is 3.42. The van der Waals surface area contributed by atoms with Gasteiger partial charge in [-0.25, -0.2) is 4.98 Å². The number of aryl methyl sites for hydroxylation is 3. The van der Waals surface area contributed by atoms with Gasteiger partial charge in [0.1, 0.15) is 9.88 Å². The van der Waals surface area contributed by atoms with Crippen molar-refractivity contribution in [3.63, 3.8) is 0 Å². The maximum atomic E-state index is 12.8. The summed E-state index contributed by atoms with van der Waals surface area (Å²) in [5.74, 6) is -0.0389. The van der Waals surface area contributed by atoms with Gasteiger partial charge in [-0.15, -0.1) is 11.3 Å². The second-order valence-electron chi connectivity index (χ2n) is 7.64. The lowest BCUT2D eigenvalue weighted by atomic mass is 9.97. The number of nitrogens with zero attached hydrogens (tertiary/aromatic N) is 1. The number of aromatic nitrogens is 1. The minimum absolute atomic E-state index is 0.0389. The van der Waals surface area contributed by atoms with E-state index in [4.69, 9.17) is 0 Å². The summed E-state index contributed by atoms with van der Waals surface area (Å²) in [6.07, 6.45) is 5.29. The number of carbonyl (C=O) groups excluding carboxylic acids is 1. The molecule has 0 radical (unpaired) electrons. The molecule has 0 saturated carbocycles. The fraction of sp³-hybridized carbons (Fsp3) is 0.308. The summed E-state index contributed by atoms with van der Waals surface area (Å²) >= 11 is 1.46. The number of amides is 1. The lowest BCUT2D eigenvalue weighted by Gasteiger charge is -2.12. The first-order valence-corrected chi connectivity index (χ1v) is 11.4. The van der Waals surface area contributed by atoms with Crippen LogP contribution in [0.1, 0.15) is 58.2 Å². The van der Waals surface area contributed by atoms with Gasteiger partial charge in [0.05, 0.1) is 5.69 Å². The smallest absolute Gasteiger partial charge is 0.263 e. The van der Waals surface area contributed by atoms with Crippen molar-refractivity contribution in [3.05, 3.63) is 81.9 Å². The number of carbonyl (C=O) groups is 1. The fourth-order valence-corrected chi connectivity index (χ4v) is 4.40. The molecule has 1 amide bonds. The highest BCUT2D eigenvalue weighted by Crippen LogP contribution is 2.28. The number of nitrogens with one attached hydrogen (secondary N) is 1. The zero-order valence-electron chi connectivity index (χ0n) is 18.3. The van der Waals surface area contributed by atoms with Crippen molar-refractivity contribution < 1.29 is 4.79 Å². The van der Waals surface area contributed by atoms with Gasteiger partial charge in [-0.1, -0.05) is 73.5 Å². The Hall–Kier alpha value is -2.72. The number of unbranched alkanes of at least 4 members (excludes halogenated alkanes) is 1. The molecule has 1 heterocycles. The number of hydrogen-bond acceptors (Lipinski definition) is 3. The van der Waals surface area contributed by atoms with E-state index in [1.807, 2.05) is 6.92 Å². The normalized spacial score (nSPS) is 11.5. The molecule has 0 unspecified atom stereocenters. The highest BCUT2D eigenvalue weighted by Gasteiger charge is 2.16. The Morgan fingerprint density at radius 3 is 2.50 bits per heavy atom. The average molecular weight is 419 g/mol. The van der Waals surface area contributed by atoms with E-state index in [0.29, 0.717) is 11.4 Å². The maximum absolute atomic E-state index is 12.8. The van der Waals surface area contributed by atoms with E-state index in [1.54, 1.807) is 0 Å². The standard InChI is InChI=1S/C26H30N2OS/c1-5-6-10-21(23-11-8-7-9-19(23)3)16-17-27-25(29)24-20(4)28-26(30-24)22-14-12-18(2)13-15-22/h7-15H,5-6,16-17H2,1-4H3,(H,27,29)/b21-10-. The molecule has 0 fully saturated rings. The van der Waals surface area contributed by atoms with Crippen LogP contribution in [0.4, 0.5) is 0 Å². The topological polar surface area (TPSA) is 42.0 Å². The summed E-state index contributed by atoms with van der Waals surface area (Å²) < 4.78 is 0. The van der Waals surface area contributed by atoms with Crippen molar-refractivity contribution in [2.75, 3.05) is 6.54 Å². The van der Waals surface area contributed by atoms with Crippen molar-refractivity contribution in [2.45, 2.75) is 47.0 Å². The maximum Gasteiger partial charge on any atom is 0.263 e. The van der Waals surface area contributed by atoms with Crippen molar-refractivity contribution in [1.29, 1.82) is 0 Å². The van der Waals surface area contributed by atoms with Crippen molar-refractivity contribution in [3.8, 4) is 10.6 Å². The molecule has 0 bridgehead atoms. The summed E-state index contributed by atoms with van der Waals surface area (Å²) in [6, 6.07) is 16.7. The summed E-state index contributed by atoms with van der Waals surface area (Å²) in [6.45, 7) is 8.91. The molecule has 3 rings (SSSR count). The van der Waals surface area contributed by atoms with Gasteiger partial charge in [-0.2, -0.15) is 0 Å². The van der Waals surface area contributed by atoms with Crippen LogP contribution in [-0.2, 0) is 0 Å². The third kappa shape index (κ3) is 5.45. The number of hydrogen-bond donors (Lipinski definition) is 1. The first kappa shape index (κ1) is 22.0. The van der Waals surface area contributed by atoms with Gasteiger partial charge in [0.2, 0.25) is 0 Å². The molecular formula is C26H30N2OS. The van der Waals surface area contributed by atoms with Crippen LogP contribution in [0, 0.1) is 20.8 Å². The molecule has 1 N–H and O–H groups in total. The Labute approximate surface area is 183 Å². The lowest BCUT2D eigenvalue weighted by Crippen LogP contribution is -2.24. The highest BCUT2D eigenvalue weighted by atomic mass is 32.1. The van der Waals surface area contributed by atoms with Gasteiger partial charge in [0, 0.05) is 12.1 Å². The van der Waals surface area contributed by atoms with E-state index in [9.17, 15) is 4.79 Å². The molecule has 0 atom stereocenters. The molecule has 156 valence electrons. The molecule has 1 aromatic heterocycles. The molecule has 0 aliphatic carbocycles. The minimum atomic E-state index is -0.0389. The molecule has 3 aromatic rings. The van der Waals surface area contributed by atoms with Crippen LogP contribution in [0.25, 0.3) is 16.1 Å². The van der Waals surface area contributed by atoms with E-state index in [0.717, 1.165) is 35.5 Å². The molecule has 3 nitrogen and oxygen atoms in total. The Morgan fingerprint density at radius 2 is 1.80 bits per heavy atom. The number of thiazole rings is 1. The molecule has 4 heteroatoms. The summed E-state index contributed by atoms with van der Waals surface area (Å²) in [7, 11) is 0. The molecule has 2 aromatic carbocycles. The number of benzene rings is 2. The Bertz CT molecular complexity index is 1030. The third-order valence-corrected chi connectivity index (χ3v) is 6.36. The molecule has 0 aliphatic heterocycles. The van der Waals surface area contributed by atoms with Crippen LogP contribution < -0.4 is 5.32 Å². The van der Waals surface area contributed by atoms with Crippen LogP contribution in [0.3, 0.4) is 0 Å². The van der Waals surface area contributed by atoms with Crippen LogP contribution in [0.2, 0.25) is 0 Å². The lowest BCUT2D eigenvalue weighted by molar-refractivity contribution is 0.0958. The Balaban J connectivity index is 1.67. The quantitative estimate of drug-likeness (QED) is 0.440. The van der Waals surface area contributed by atoms with Gasteiger partial charge in [0.25, 0.3) is 5.91 Å². The summed E-state index contributed by atoms with van der Waals surface area (Å²) in [4.78, 5) is 18.1. The first-order chi connectivity index (χ1) is 14.5. The zero-order valence-corrected chi connectivity index (χ0v) is 19.1. The predicted octanol–water partition coefficient (Wildman–Crippen LogP) is 6.74. The van der Waals surface area contributed by atoms with E-state index >= 15 is 0 Å². The number of rotatable bonds is 8. The Kier molecular flexibility index (Phi) is 7.58. The minimum Gasteiger partial charge on any atom is -0.351 e. The third-order valence-electron chi connectivity index (χ3n) is 5.15. The van der Waals surface area contributed by atoms with E-state index < -0.39 is 0 Å². The van der Waals surface area contributed by atoms with Crippen LogP contribution in [-0.4, -0.2) is 17.4 Å². The van der Waals surface area contributed by atoms with Crippen LogP contribution >= 0.6 is 11.3 Å². The van der Waals surface area contributed by atoms with E-state index in [-0.39, 0.29) is 5.91 Å². The second-order valence-corrected chi connectivity index (χ2v) is 8.64. The van der Waals surface area contributed by atoms with Crippen molar-refractivity contribution >= 4 is 22.8 Å². The molecule has 0 aliphatic rings. The zero-order chi connectivity index (χ0) is 21.5.